The summed E-state index contributed by atoms with van der Waals surface area (Å²) in [5.41, 5.74) is 7.67. The molecule has 0 amide bonds. The van der Waals surface area contributed by atoms with Gasteiger partial charge in [0.15, 0.2) is 0 Å². The first-order valence-electron chi connectivity index (χ1n) is 5.39. The summed E-state index contributed by atoms with van der Waals surface area (Å²) in [5, 5.41) is 0. The van der Waals surface area contributed by atoms with E-state index in [4.69, 9.17) is 10.5 Å². The van der Waals surface area contributed by atoms with E-state index in [2.05, 4.69) is 0 Å². The molecule has 0 bridgehead atoms. The van der Waals surface area contributed by atoms with Crippen molar-refractivity contribution in [2.75, 3.05) is 19.4 Å². The number of carbonyl (C=O) groups is 1. The number of anilines is 1. The fourth-order valence-electron chi connectivity index (χ4n) is 1.94. The lowest BCUT2D eigenvalue weighted by Crippen LogP contribution is -2.34. The highest BCUT2D eigenvalue weighted by molar-refractivity contribution is 5.77. The van der Waals surface area contributed by atoms with Crippen LogP contribution in [0, 0.1) is 0 Å². The monoisotopic (exact) mass is 220 g/mol. The second-order valence-electron chi connectivity index (χ2n) is 4.09. The Labute approximate surface area is 95.0 Å². The van der Waals surface area contributed by atoms with Gasteiger partial charge in [-0.05, 0) is 18.7 Å². The molecule has 2 N–H and O–H groups in total. The van der Waals surface area contributed by atoms with Crippen LogP contribution >= 0.6 is 0 Å². The Bertz CT molecular complexity index is 392. The number of para-hydroxylation sites is 1. The summed E-state index contributed by atoms with van der Waals surface area (Å²) < 4.78 is 4.94. The van der Waals surface area contributed by atoms with Gasteiger partial charge in [0.25, 0.3) is 0 Å². The Balaban J connectivity index is 2.04. The van der Waals surface area contributed by atoms with Gasteiger partial charge in [-0.3, -0.25) is 9.69 Å². The Hall–Kier alpha value is -1.55. The molecule has 16 heavy (non-hydrogen) atoms. The third-order valence-electron chi connectivity index (χ3n) is 2.91. The fraction of sp³-hybridized carbons (Fsp3) is 0.417. The van der Waals surface area contributed by atoms with Crippen molar-refractivity contribution in [1.82, 2.24) is 4.90 Å². The number of cyclic esters (lactones) is 1. The number of nitrogens with two attached hydrogens (primary N) is 1. The lowest BCUT2D eigenvalue weighted by molar-refractivity contribution is -0.142. The first kappa shape index (κ1) is 11.0. The topological polar surface area (TPSA) is 55.6 Å². The van der Waals surface area contributed by atoms with Crippen LogP contribution in [0.5, 0.6) is 0 Å². The maximum absolute atomic E-state index is 11.4. The minimum absolute atomic E-state index is 0.125. The number of ether oxygens (including phenoxy) is 1. The van der Waals surface area contributed by atoms with E-state index < -0.39 is 0 Å². The highest BCUT2D eigenvalue weighted by atomic mass is 16.5. The Morgan fingerprint density at radius 3 is 2.88 bits per heavy atom. The zero-order chi connectivity index (χ0) is 11.5. The van der Waals surface area contributed by atoms with Gasteiger partial charge < -0.3 is 10.5 Å². The number of carbonyl (C=O) groups excluding carboxylic acids is 1. The number of likely N-dealkylation sites (N-methyl/N-ethyl adjacent to an activating group) is 1. The Morgan fingerprint density at radius 2 is 2.25 bits per heavy atom. The number of hydrogen-bond donors (Lipinski definition) is 1. The Morgan fingerprint density at radius 1 is 1.50 bits per heavy atom. The van der Waals surface area contributed by atoms with Crippen LogP contribution in [0.2, 0.25) is 0 Å². The van der Waals surface area contributed by atoms with Gasteiger partial charge in [-0.2, -0.15) is 0 Å². The minimum Gasteiger partial charge on any atom is -0.464 e. The summed E-state index contributed by atoms with van der Waals surface area (Å²) in [4.78, 5) is 13.4. The molecule has 1 heterocycles. The molecular formula is C12H16N2O2. The van der Waals surface area contributed by atoms with Crippen molar-refractivity contribution in [3.8, 4) is 0 Å². The third-order valence-corrected chi connectivity index (χ3v) is 2.91. The lowest BCUT2D eigenvalue weighted by atomic mass is 10.1. The van der Waals surface area contributed by atoms with Gasteiger partial charge in [0.2, 0.25) is 0 Å². The van der Waals surface area contributed by atoms with E-state index in [1.807, 2.05) is 36.2 Å². The van der Waals surface area contributed by atoms with Crippen LogP contribution in [-0.2, 0) is 16.1 Å². The molecule has 1 aliphatic heterocycles. The van der Waals surface area contributed by atoms with Gasteiger partial charge in [-0.15, -0.1) is 0 Å². The molecule has 0 aliphatic carbocycles. The van der Waals surface area contributed by atoms with Gasteiger partial charge in [0.05, 0.1) is 6.61 Å². The summed E-state index contributed by atoms with van der Waals surface area (Å²) in [6, 6.07) is 7.58. The molecule has 4 heteroatoms. The van der Waals surface area contributed by atoms with Crippen molar-refractivity contribution in [2.24, 2.45) is 0 Å². The number of rotatable bonds is 3. The van der Waals surface area contributed by atoms with Crippen molar-refractivity contribution in [1.29, 1.82) is 0 Å². The zero-order valence-electron chi connectivity index (χ0n) is 9.35. The average Bonchev–Trinajstić information content (AvgIpc) is 2.68. The summed E-state index contributed by atoms with van der Waals surface area (Å²) in [6.07, 6.45) is 0.766. The van der Waals surface area contributed by atoms with Crippen molar-refractivity contribution in [2.45, 2.75) is 19.0 Å². The van der Waals surface area contributed by atoms with Crippen LogP contribution in [0.25, 0.3) is 0 Å². The van der Waals surface area contributed by atoms with Crippen LogP contribution in [0.4, 0.5) is 5.69 Å². The molecular weight excluding hydrogens is 204 g/mol. The van der Waals surface area contributed by atoms with Gasteiger partial charge in [0.1, 0.15) is 6.04 Å². The standard InChI is InChI=1S/C12H16N2O2/c1-14(11-6-7-16-12(11)15)8-9-4-2-3-5-10(9)13/h2-5,11H,6-8,13H2,1H3. The fourth-order valence-corrected chi connectivity index (χ4v) is 1.94. The molecule has 1 aromatic rings. The maximum atomic E-state index is 11.4. The molecule has 2 rings (SSSR count). The first-order chi connectivity index (χ1) is 7.68. The molecule has 1 aromatic carbocycles. The van der Waals surface area contributed by atoms with Crippen molar-refractivity contribution in [3.05, 3.63) is 29.8 Å². The smallest absolute Gasteiger partial charge is 0.323 e. The molecule has 1 aliphatic rings. The lowest BCUT2D eigenvalue weighted by Gasteiger charge is -2.21. The van der Waals surface area contributed by atoms with Gasteiger partial charge in [-0.25, -0.2) is 0 Å². The normalized spacial score (nSPS) is 20.1. The molecule has 1 atom stereocenters. The molecule has 1 saturated heterocycles. The number of hydrogen-bond acceptors (Lipinski definition) is 4. The first-order valence-corrected chi connectivity index (χ1v) is 5.39. The van der Waals surface area contributed by atoms with E-state index in [-0.39, 0.29) is 12.0 Å². The molecule has 4 nitrogen and oxygen atoms in total. The van der Waals surface area contributed by atoms with Crippen molar-refractivity contribution in [3.63, 3.8) is 0 Å². The summed E-state index contributed by atoms with van der Waals surface area (Å²) in [6.45, 7) is 1.20. The van der Waals surface area contributed by atoms with Gasteiger partial charge in [-0.1, -0.05) is 18.2 Å². The molecule has 0 radical (unpaired) electrons. The predicted molar refractivity (Wildman–Crippen MR) is 61.7 cm³/mol. The van der Waals surface area contributed by atoms with E-state index in [0.717, 1.165) is 17.7 Å². The maximum Gasteiger partial charge on any atom is 0.323 e. The van der Waals surface area contributed by atoms with Crippen molar-refractivity contribution >= 4 is 11.7 Å². The molecule has 0 saturated carbocycles. The van der Waals surface area contributed by atoms with Crippen LogP contribution < -0.4 is 5.73 Å². The SMILES string of the molecule is CN(Cc1ccccc1N)C1CCOC1=O. The Kier molecular flexibility index (Phi) is 3.10. The van der Waals surface area contributed by atoms with Gasteiger partial charge in [0, 0.05) is 18.7 Å². The van der Waals surface area contributed by atoms with E-state index >= 15 is 0 Å². The van der Waals surface area contributed by atoms with E-state index in [0.29, 0.717) is 13.2 Å². The van der Waals surface area contributed by atoms with Crippen LogP contribution in [0.15, 0.2) is 24.3 Å². The average molecular weight is 220 g/mol. The van der Waals surface area contributed by atoms with E-state index in [1.54, 1.807) is 0 Å². The molecule has 86 valence electrons. The van der Waals surface area contributed by atoms with E-state index in [9.17, 15) is 4.79 Å². The third kappa shape index (κ3) is 2.17. The molecule has 0 spiro atoms. The minimum atomic E-state index is -0.128. The van der Waals surface area contributed by atoms with Crippen LogP contribution in [0.3, 0.4) is 0 Å². The number of nitrogen functional groups attached to an aromatic ring is 1. The second kappa shape index (κ2) is 4.53. The van der Waals surface area contributed by atoms with Crippen LogP contribution in [0.1, 0.15) is 12.0 Å². The number of nitrogens with zero attached hydrogens (tertiary/aromatic N) is 1. The quantitative estimate of drug-likeness (QED) is 0.610. The molecule has 0 aromatic heterocycles. The number of esters is 1. The van der Waals surface area contributed by atoms with Crippen molar-refractivity contribution < 1.29 is 9.53 Å². The molecule has 1 unspecified atom stereocenters. The summed E-state index contributed by atoms with van der Waals surface area (Å²) in [5.74, 6) is -0.128. The van der Waals surface area contributed by atoms with E-state index in [1.165, 1.54) is 0 Å². The van der Waals surface area contributed by atoms with Crippen LogP contribution in [-0.4, -0.2) is 30.6 Å². The second-order valence-corrected chi connectivity index (χ2v) is 4.09. The van der Waals surface area contributed by atoms with Gasteiger partial charge >= 0.3 is 5.97 Å². The summed E-state index contributed by atoms with van der Waals surface area (Å²) in [7, 11) is 1.92. The highest BCUT2D eigenvalue weighted by Gasteiger charge is 2.30. The highest BCUT2D eigenvalue weighted by Crippen LogP contribution is 2.18. The largest absolute Gasteiger partial charge is 0.464 e. The summed E-state index contributed by atoms with van der Waals surface area (Å²) >= 11 is 0. The molecule has 1 fully saturated rings. The number of benzene rings is 1. The zero-order valence-corrected chi connectivity index (χ0v) is 9.35. The predicted octanol–water partition coefficient (Wildman–Crippen LogP) is 1.02.